The molecule has 0 saturated carbocycles. The Morgan fingerprint density at radius 3 is 2.60 bits per heavy atom. The normalized spacial score (nSPS) is 8.20. The zero-order chi connectivity index (χ0) is 7.98. The van der Waals surface area contributed by atoms with Crippen molar-refractivity contribution < 1.29 is 9.90 Å². The van der Waals surface area contributed by atoms with Crippen LogP contribution in [0.15, 0.2) is 0 Å². The average Bonchev–Trinajstić information content (AvgIpc) is 1.85. The molecule has 0 aromatic rings. The summed E-state index contributed by atoms with van der Waals surface area (Å²) < 4.78 is 0. The summed E-state index contributed by atoms with van der Waals surface area (Å²) in [6.07, 6.45) is 0. The molecule has 10 heavy (non-hydrogen) atoms. The Hall–Kier alpha value is -0.880. The van der Waals surface area contributed by atoms with Crippen LogP contribution in [0.2, 0.25) is 0 Å². The summed E-state index contributed by atoms with van der Waals surface area (Å²) in [5, 5.41) is 10.8. The highest BCUT2D eigenvalue weighted by atomic mass is 32.1. The van der Waals surface area contributed by atoms with Crippen molar-refractivity contribution in [3.8, 4) is 0 Å². The van der Waals surface area contributed by atoms with Crippen molar-refractivity contribution in [2.75, 3.05) is 6.73 Å². The van der Waals surface area contributed by atoms with Gasteiger partial charge in [0.25, 0.3) is 0 Å². The molecule has 0 aromatic carbocycles. The zero-order valence-electron chi connectivity index (χ0n) is 5.47. The lowest BCUT2D eigenvalue weighted by Gasteiger charge is -2.06. The fraction of sp³-hybridized carbons (Fsp3) is 0.500. The van der Waals surface area contributed by atoms with Gasteiger partial charge in [-0.15, -0.1) is 0 Å². The number of rotatable bonds is 1. The molecule has 0 spiro atoms. The van der Waals surface area contributed by atoms with E-state index in [1.165, 1.54) is 6.92 Å². The number of carbonyl (C=O) groups excluding carboxylic acids is 1. The first kappa shape index (κ1) is 9.12. The van der Waals surface area contributed by atoms with Gasteiger partial charge in [-0.3, -0.25) is 15.6 Å². The number of hydrogen-bond donors (Lipinski definition) is 4. The van der Waals surface area contributed by atoms with Crippen molar-refractivity contribution in [2.24, 2.45) is 0 Å². The van der Waals surface area contributed by atoms with Crippen LogP contribution in [0.1, 0.15) is 6.92 Å². The van der Waals surface area contributed by atoms with Gasteiger partial charge in [0.1, 0.15) is 6.73 Å². The van der Waals surface area contributed by atoms with E-state index in [1.54, 1.807) is 0 Å². The summed E-state index contributed by atoms with van der Waals surface area (Å²) in [5.41, 5.74) is 4.57. The average molecular weight is 163 g/mol. The number of hydrazine groups is 1. The van der Waals surface area contributed by atoms with Gasteiger partial charge in [-0.05, 0) is 12.2 Å². The SMILES string of the molecule is CC(=O)NNC(=S)NCO. The lowest BCUT2D eigenvalue weighted by Crippen LogP contribution is -2.46. The Labute approximate surface area is 63.8 Å². The van der Waals surface area contributed by atoms with E-state index in [0.29, 0.717) is 0 Å². The third-order valence-electron chi connectivity index (χ3n) is 0.592. The Bertz CT molecular complexity index is 138. The van der Waals surface area contributed by atoms with Crippen molar-refractivity contribution in [1.82, 2.24) is 16.2 Å². The Morgan fingerprint density at radius 2 is 2.20 bits per heavy atom. The third-order valence-corrected chi connectivity index (χ3v) is 0.838. The largest absolute Gasteiger partial charge is 0.377 e. The molecule has 0 unspecified atom stereocenters. The summed E-state index contributed by atoms with van der Waals surface area (Å²) in [7, 11) is 0. The van der Waals surface area contributed by atoms with Crippen LogP contribution in [0.25, 0.3) is 0 Å². The summed E-state index contributed by atoms with van der Waals surface area (Å²) in [5.74, 6) is -0.248. The van der Waals surface area contributed by atoms with Gasteiger partial charge in [0.2, 0.25) is 5.91 Å². The minimum Gasteiger partial charge on any atom is -0.377 e. The number of thiocarbonyl (C=S) groups is 1. The zero-order valence-corrected chi connectivity index (χ0v) is 6.29. The molecule has 0 aliphatic heterocycles. The summed E-state index contributed by atoms with van der Waals surface area (Å²) in [4.78, 5) is 10.2. The molecular formula is C4H9N3O2S. The van der Waals surface area contributed by atoms with Crippen LogP contribution >= 0.6 is 12.2 Å². The highest BCUT2D eigenvalue weighted by molar-refractivity contribution is 7.80. The molecule has 0 fully saturated rings. The van der Waals surface area contributed by atoms with Crippen molar-refractivity contribution in [3.05, 3.63) is 0 Å². The molecule has 0 atom stereocenters. The molecule has 5 nitrogen and oxygen atoms in total. The van der Waals surface area contributed by atoms with Crippen molar-refractivity contribution in [1.29, 1.82) is 0 Å². The molecule has 4 N–H and O–H groups in total. The Balaban J connectivity index is 3.30. The van der Waals surface area contributed by atoms with Gasteiger partial charge in [-0.1, -0.05) is 0 Å². The molecule has 1 amide bonds. The van der Waals surface area contributed by atoms with Gasteiger partial charge in [-0.25, -0.2) is 0 Å². The monoisotopic (exact) mass is 163 g/mol. The van der Waals surface area contributed by atoms with Crippen LogP contribution in [0.3, 0.4) is 0 Å². The molecular weight excluding hydrogens is 154 g/mol. The quantitative estimate of drug-likeness (QED) is 0.214. The van der Waals surface area contributed by atoms with Crippen LogP contribution in [-0.2, 0) is 4.79 Å². The maximum Gasteiger partial charge on any atom is 0.235 e. The fourth-order valence-electron chi connectivity index (χ4n) is 0.261. The lowest BCUT2D eigenvalue weighted by atomic mass is 10.8. The summed E-state index contributed by atoms with van der Waals surface area (Å²) in [6.45, 7) is 1.08. The van der Waals surface area contributed by atoms with E-state index < -0.39 is 0 Å². The first-order valence-electron chi connectivity index (χ1n) is 2.58. The van der Waals surface area contributed by atoms with Crippen molar-refractivity contribution in [3.63, 3.8) is 0 Å². The highest BCUT2D eigenvalue weighted by Crippen LogP contribution is 1.60. The minimum absolute atomic E-state index is 0.178. The highest BCUT2D eigenvalue weighted by Gasteiger charge is 1.91. The maximum absolute atomic E-state index is 10.2. The molecule has 0 bridgehead atoms. The minimum atomic E-state index is -0.259. The molecule has 0 heterocycles. The lowest BCUT2D eigenvalue weighted by molar-refractivity contribution is -0.119. The van der Waals surface area contributed by atoms with Crippen LogP contribution in [0, 0.1) is 0 Å². The number of nitrogens with one attached hydrogen (secondary N) is 3. The predicted molar refractivity (Wildman–Crippen MR) is 39.8 cm³/mol. The van der Waals surface area contributed by atoms with Crippen LogP contribution in [0.4, 0.5) is 0 Å². The first-order valence-corrected chi connectivity index (χ1v) is 2.99. The second-order valence-electron chi connectivity index (χ2n) is 1.47. The first-order chi connectivity index (χ1) is 4.66. The van der Waals surface area contributed by atoms with Crippen LogP contribution < -0.4 is 16.2 Å². The molecule has 0 saturated heterocycles. The van der Waals surface area contributed by atoms with E-state index in [4.69, 9.17) is 5.11 Å². The predicted octanol–water partition coefficient (Wildman–Crippen LogP) is -1.55. The molecule has 0 rings (SSSR count). The van der Waals surface area contributed by atoms with Gasteiger partial charge in [0.15, 0.2) is 5.11 Å². The molecule has 0 aromatic heterocycles. The molecule has 0 aliphatic carbocycles. The van der Waals surface area contributed by atoms with E-state index in [1.807, 2.05) is 0 Å². The van der Waals surface area contributed by atoms with Gasteiger partial charge >= 0.3 is 0 Å². The van der Waals surface area contributed by atoms with Crippen LogP contribution in [-0.4, -0.2) is 22.9 Å². The maximum atomic E-state index is 10.2. The van der Waals surface area contributed by atoms with Crippen molar-refractivity contribution >= 4 is 23.2 Å². The Morgan fingerprint density at radius 1 is 1.60 bits per heavy atom. The second-order valence-corrected chi connectivity index (χ2v) is 1.88. The van der Waals surface area contributed by atoms with E-state index in [0.717, 1.165) is 0 Å². The number of amides is 1. The molecule has 0 radical (unpaired) electrons. The smallest absolute Gasteiger partial charge is 0.235 e. The Kier molecular flexibility index (Phi) is 4.51. The van der Waals surface area contributed by atoms with Gasteiger partial charge in [0.05, 0.1) is 0 Å². The molecule has 58 valence electrons. The van der Waals surface area contributed by atoms with E-state index in [9.17, 15) is 4.79 Å². The fourth-order valence-corrected chi connectivity index (χ4v) is 0.376. The van der Waals surface area contributed by atoms with Crippen molar-refractivity contribution in [2.45, 2.75) is 6.92 Å². The standard InChI is InChI=1S/C4H9N3O2S/c1-3(9)6-7-4(10)5-2-8/h8H,2H2,1H3,(H,6,9)(H2,5,7,10). The topological polar surface area (TPSA) is 73.4 Å². The van der Waals surface area contributed by atoms with Gasteiger partial charge in [0, 0.05) is 6.92 Å². The molecule has 6 heteroatoms. The molecule has 0 aliphatic rings. The number of aliphatic hydroxyl groups is 1. The van der Waals surface area contributed by atoms with E-state index in [-0.39, 0.29) is 17.8 Å². The summed E-state index contributed by atoms with van der Waals surface area (Å²) in [6, 6.07) is 0. The number of hydrogen-bond acceptors (Lipinski definition) is 3. The van der Waals surface area contributed by atoms with E-state index >= 15 is 0 Å². The van der Waals surface area contributed by atoms with Crippen LogP contribution in [0.5, 0.6) is 0 Å². The van der Waals surface area contributed by atoms with Gasteiger partial charge < -0.3 is 10.4 Å². The number of carbonyl (C=O) groups is 1. The summed E-state index contributed by atoms with van der Waals surface area (Å²) >= 11 is 4.57. The third kappa shape index (κ3) is 5.26. The number of aliphatic hydroxyl groups excluding tert-OH is 1. The van der Waals surface area contributed by atoms with E-state index in [2.05, 4.69) is 28.4 Å². The second kappa shape index (κ2) is 4.95. The van der Waals surface area contributed by atoms with Gasteiger partial charge in [-0.2, -0.15) is 0 Å².